The third kappa shape index (κ3) is 11.6. The Morgan fingerprint density at radius 2 is 1.60 bits per heavy atom. The Bertz CT molecular complexity index is 400. The molecule has 0 atom stereocenters. The van der Waals surface area contributed by atoms with Crippen molar-refractivity contribution in [3.8, 4) is 0 Å². The van der Waals surface area contributed by atoms with E-state index < -0.39 is 11.7 Å². The Hall–Kier alpha value is -1.50. The number of carbonyl (C=O) groups excluding carboxylic acids is 1. The van der Waals surface area contributed by atoms with Gasteiger partial charge in [-0.1, -0.05) is 25.7 Å². The molecule has 1 aliphatic rings. The lowest BCUT2D eigenvalue weighted by Gasteiger charge is -2.20. The number of nitrogens with zero attached hydrogens (tertiary/aromatic N) is 1. The fourth-order valence-corrected chi connectivity index (χ4v) is 2.68. The largest absolute Gasteiger partial charge is 0.444 e. The maximum atomic E-state index is 11.5. The van der Waals surface area contributed by atoms with Crippen molar-refractivity contribution < 1.29 is 14.3 Å². The molecule has 0 radical (unpaired) electrons. The highest BCUT2D eigenvalue weighted by Gasteiger charge is 2.15. The zero-order valence-corrected chi connectivity index (χ0v) is 16.3. The molecule has 0 aromatic rings. The third-order valence-corrected chi connectivity index (χ3v) is 3.86. The van der Waals surface area contributed by atoms with Gasteiger partial charge in [0.25, 0.3) is 0 Å². The van der Waals surface area contributed by atoms with Crippen LogP contribution in [0.4, 0.5) is 4.79 Å². The van der Waals surface area contributed by atoms with E-state index in [-0.39, 0.29) is 0 Å². The van der Waals surface area contributed by atoms with Crippen LogP contribution in [0.15, 0.2) is 4.99 Å². The molecular weight excluding hydrogens is 320 g/mol. The minimum absolute atomic E-state index is 0.408. The monoisotopic (exact) mass is 356 g/mol. The second-order valence-electron chi connectivity index (χ2n) is 7.34. The van der Waals surface area contributed by atoms with Crippen LogP contribution in [-0.4, -0.2) is 57.0 Å². The van der Waals surface area contributed by atoms with E-state index in [1.165, 1.54) is 38.5 Å². The van der Waals surface area contributed by atoms with Gasteiger partial charge in [0, 0.05) is 26.7 Å². The Labute approximate surface area is 152 Å². The predicted octanol–water partition coefficient (Wildman–Crippen LogP) is 2.42. The van der Waals surface area contributed by atoms with E-state index in [9.17, 15) is 4.79 Å². The Kier molecular flexibility index (Phi) is 10.3. The molecule has 0 spiro atoms. The zero-order valence-electron chi connectivity index (χ0n) is 16.3. The number of hydrogen-bond donors (Lipinski definition) is 3. The average molecular weight is 357 g/mol. The summed E-state index contributed by atoms with van der Waals surface area (Å²) < 4.78 is 11.1. The van der Waals surface area contributed by atoms with Gasteiger partial charge in [0.1, 0.15) is 5.60 Å². The molecule has 1 amide bonds. The molecule has 0 heterocycles. The lowest BCUT2D eigenvalue weighted by molar-refractivity contribution is 0.0468. The summed E-state index contributed by atoms with van der Waals surface area (Å²) in [5, 5.41) is 9.07. The summed E-state index contributed by atoms with van der Waals surface area (Å²) >= 11 is 0. The highest BCUT2D eigenvalue weighted by Crippen LogP contribution is 2.19. The SMILES string of the molecule is CN=C(NCCNC(=O)OC(C)(C)C)NCCOC1CCCCCC1. The molecule has 3 N–H and O–H groups in total. The van der Waals surface area contributed by atoms with E-state index in [0.29, 0.717) is 31.8 Å². The number of rotatable bonds is 7. The lowest BCUT2D eigenvalue weighted by Crippen LogP contribution is -2.43. The van der Waals surface area contributed by atoms with Crippen LogP contribution in [0.1, 0.15) is 59.3 Å². The second-order valence-corrected chi connectivity index (χ2v) is 7.34. The van der Waals surface area contributed by atoms with Gasteiger partial charge in [-0.25, -0.2) is 4.79 Å². The van der Waals surface area contributed by atoms with Crippen LogP contribution < -0.4 is 16.0 Å². The normalized spacial score (nSPS) is 16.9. The molecule has 7 heteroatoms. The zero-order chi connectivity index (χ0) is 18.5. The number of nitrogens with one attached hydrogen (secondary N) is 3. The summed E-state index contributed by atoms with van der Waals surface area (Å²) in [7, 11) is 1.72. The number of alkyl carbamates (subject to hydrolysis) is 1. The molecule has 1 aliphatic carbocycles. The number of ether oxygens (including phenoxy) is 2. The van der Waals surface area contributed by atoms with Crippen molar-refractivity contribution >= 4 is 12.1 Å². The first-order valence-corrected chi connectivity index (χ1v) is 9.43. The molecule has 0 aromatic carbocycles. The fraction of sp³-hybridized carbons (Fsp3) is 0.889. The molecule has 0 aromatic heterocycles. The smallest absolute Gasteiger partial charge is 0.407 e. The molecule has 1 fully saturated rings. The first kappa shape index (κ1) is 21.5. The van der Waals surface area contributed by atoms with Crippen molar-refractivity contribution in [3.05, 3.63) is 0 Å². The minimum Gasteiger partial charge on any atom is -0.444 e. The Morgan fingerprint density at radius 1 is 1.00 bits per heavy atom. The third-order valence-electron chi connectivity index (χ3n) is 3.86. The van der Waals surface area contributed by atoms with Gasteiger partial charge in [-0.2, -0.15) is 0 Å². The quantitative estimate of drug-likeness (QED) is 0.282. The molecule has 7 nitrogen and oxygen atoms in total. The maximum absolute atomic E-state index is 11.5. The molecule has 146 valence electrons. The maximum Gasteiger partial charge on any atom is 0.407 e. The fourth-order valence-electron chi connectivity index (χ4n) is 2.68. The first-order valence-electron chi connectivity index (χ1n) is 9.43. The number of guanidine groups is 1. The van der Waals surface area contributed by atoms with E-state index in [1.807, 2.05) is 20.8 Å². The Morgan fingerprint density at radius 3 is 2.20 bits per heavy atom. The molecule has 1 saturated carbocycles. The molecule has 25 heavy (non-hydrogen) atoms. The van der Waals surface area contributed by atoms with Crippen LogP contribution in [0.2, 0.25) is 0 Å². The summed E-state index contributed by atoms with van der Waals surface area (Å²) in [6, 6.07) is 0. The summed E-state index contributed by atoms with van der Waals surface area (Å²) in [5.74, 6) is 0.704. The van der Waals surface area contributed by atoms with Gasteiger partial charge in [0.15, 0.2) is 5.96 Å². The van der Waals surface area contributed by atoms with Crippen molar-refractivity contribution in [1.82, 2.24) is 16.0 Å². The van der Waals surface area contributed by atoms with Gasteiger partial charge < -0.3 is 25.4 Å². The Balaban J connectivity index is 2.07. The molecule has 0 unspecified atom stereocenters. The summed E-state index contributed by atoms with van der Waals surface area (Å²) in [6.45, 7) is 7.96. The van der Waals surface area contributed by atoms with Crippen LogP contribution in [0, 0.1) is 0 Å². The van der Waals surface area contributed by atoms with E-state index >= 15 is 0 Å². The molecule has 0 bridgehead atoms. The van der Waals surface area contributed by atoms with Crippen molar-refractivity contribution in [1.29, 1.82) is 0 Å². The van der Waals surface area contributed by atoms with Crippen LogP contribution in [0.5, 0.6) is 0 Å². The number of aliphatic imine (C=N–C) groups is 1. The van der Waals surface area contributed by atoms with Crippen molar-refractivity contribution in [2.75, 3.05) is 33.3 Å². The van der Waals surface area contributed by atoms with Crippen LogP contribution in [0.3, 0.4) is 0 Å². The van der Waals surface area contributed by atoms with Gasteiger partial charge in [-0.05, 0) is 33.6 Å². The van der Waals surface area contributed by atoms with Gasteiger partial charge >= 0.3 is 6.09 Å². The standard InChI is InChI=1S/C18H36N4O3/c1-18(2,3)25-17(23)22-12-11-20-16(19-4)21-13-14-24-15-9-7-5-6-8-10-15/h15H,5-14H2,1-4H3,(H,22,23)(H2,19,20,21). The van der Waals surface area contributed by atoms with Crippen LogP contribution >= 0.6 is 0 Å². The average Bonchev–Trinajstić information content (AvgIpc) is 2.80. The topological polar surface area (TPSA) is 84.0 Å². The number of carbonyl (C=O) groups is 1. The van der Waals surface area contributed by atoms with Crippen LogP contribution in [-0.2, 0) is 9.47 Å². The molecule has 1 rings (SSSR count). The van der Waals surface area contributed by atoms with Gasteiger partial charge in [0.2, 0.25) is 0 Å². The number of amides is 1. The number of hydrogen-bond acceptors (Lipinski definition) is 4. The minimum atomic E-state index is -0.480. The second kappa shape index (κ2) is 12.0. The predicted molar refractivity (Wildman–Crippen MR) is 101 cm³/mol. The molecular formula is C18H36N4O3. The summed E-state index contributed by atoms with van der Waals surface area (Å²) in [5.41, 5.74) is -0.480. The van der Waals surface area contributed by atoms with E-state index in [0.717, 1.165) is 6.54 Å². The summed E-state index contributed by atoms with van der Waals surface area (Å²) in [4.78, 5) is 15.7. The van der Waals surface area contributed by atoms with Crippen LogP contribution in [0.25, 0.3) is 0 Å². The highest BCUT2D eigenvalue weighted by atomic mass is 16.6. The highest BCUT2D eigenvalue weighted by molar-refractivity contribution is 5.79. The van der Waals surface area contributed by atoms with Gasteiger partial charge in [0.05, 0.1) is 12.7 Å². The molecule has 0 saturated heterocycles. The van der Waals surface area contributed by atoms with Gasteiger partial charge in [-0.3, -0.25) is 4.99 Å². The lowest BCUT2D eigenvalue weighted by atomic mass is 10.1. The summed E-state index contributed by atoms with van der Waals surface area (Å²) in [6.07, 6.45) is 7.62. The first-order chi connectivity index (χ1) is 11.9. The van der Waals surface area contributed by atoms with Crippen molar-refractivity contribution in [2.24, 2.45) is 4.99 Å². The van der Waals surface area contributed by atoms with Crippen molar-refractivity contribution in [3.63, 3.8) is 0 Å². The van der Waals surface area contributed by atoms with Gasteiger partial charge in [-0.15, -0.1) is 0 Å². The molecule has 0 aliphatic heterocycles. The van der Waals surface area contributed by atoms with Crippen molar-refractivity contribution in [2.45, 2.75) is 71.0 Å². The van der Waals surface area contributed by atoms with E-state index in [4.69, 9.17) is 9.47 Å². The van der Waals surface area contributed by atoms with E-state index in [2.05, 4.69) is 20.9 Å². The van der Waals surface area contributed by atoms with E-state index in [1.54, 1.807) is 7.05 Å².